The Morgan fingerprint density at radius 2 is 2.14 bits per heavy atom. The summed E-state index contributed by atoms with van der Waals surface area (Å²) in [6, 6.07) is 6.92. The van der Waals surface area contributed by atoms with E-state index < -0.39 is 19.0 Å². The highest BCUT2D eigenvalue weighted by Crippen LogP contribution is 2.24. The molecule has 0 spiro atoms. The van der Waals surface area contributed by atoms with Crippen molar-refractivity contribution in [1.29, 1.82) is 0 Å². The third-order valence-electron chi connectivity index (χ3n) is 2.57. The second kappa shape index (κ2) is 7.07. The van der Waals surface area contributed by atoms with E-state index in [2.05, 4.69) is 15.7 Å². The van der Waals surface area contributed by atoms with Crippen LogP contribution >= 0.6 is 11.8 Å². The van der Waals surface area contributed by atoms with Gasteiger partial charge < -0.3 is 10.6 Å². The third-order valence-corrected chi connectivity index (χ3v) is 3.37. The maximum absolute atomic E-state index is 12.2. The number of hydrogen-bond acceptors (Lipinski definition) is 3. The standard InChI is InChI=1S/C13H14F2N4OS/c1-21-11-5-3-2-4-10(11)18-13(20)17-9-6-16-19(7-9)8-12(14)15/h2-7,12H,8H2,1H3,(H2,17,18,20). The van der Waals surface area contributed by atoms with Gasteiger partial charge in [0.1, 0.15) is 6.54 Å². The average molecular weight is 312 g/mol. The first-order valence-electron chi connectivity index (χ1n) is 6.10. The number of urea groups is 1. The van der Waals surface area contributed by atoms with Crippen molar-refractivity contribution in [2.24, 2.45) is 0 Å². The molecule has 0 fully saturated rings. The van der Waals surface area contributed by atoms with Crippen LogP contribution < -0.4 is 10.6 Å². The van der Waals surface area contributed by atoms with E-state index in [0.717, 1.165) is 9.58 Å². The van der Waals surface area contributed by atoms with Crippen LogP contribution in [-0.2, 0) is 6.54 Å². The van der Waals surface area contributed by atoms with Crippen LogP contribution in [0, 0.1) is 0 Å². The molecule has 2 amide bonds. The maximum Gasteiger partial charge on any atom is 0.323 e. The third kappa shape index (κ3) is 4.45. The Morgan fingerprint density at radius 1 is 1.38 bits per heavy atom. The van der Waals surface area contributed by atoms with E-state index in [4.69, 9.17) is 0 Å². The van der Waals surface area contributed by atoms with Gasteiger partial charge in [-0.05, 0) is 18.4 Å². The SMILES string of the molecule is CSc1ccccc1NC(=O)Nc1cnn(CC(F)F)c1. The highest BCUT2D eigenvalue weighted by Gasteiger charge is 2.09. The minimum Gasteiger partial charge on any atom is -0.307 e. The maximum atomic E-state index is 12.2. The van der Waals surface area contributed by atoms with Gasteiger partial charge in [-0.15, -0.1) is 11.8 Å². The number of carbonyl (C=O) groups excluding carboxylic acids is 1. The lowest BCUT2D eigenvalue weighted by atomic mass is 10.3. The van der Waals surface area contributed by atoms with Gasteiger partial charge in [-0.1, -0.05) is 12.1 Å². The van der Waals surface area contributed by atoms with E-state index in [-0.39, 0.29) is 0 Å². The van der Waals surface area contributed by atoms with Crippen molar-refractivity contribution in [3.63, 3.8) is 0 Å². The Balaban J connectivity index is 1.97. The summed E-state index contributed by atoms with van der Waals surface area (Å²) in [7, 11) is 0. The molecule has 0 saturated carbocycles. The molecule has 0 atom stereocenters. The van der Waals surface area contributed by atoms with Crippen LogP contribution in [0.1, 0.15) is 0 Å². The van der Waals surface area contributed by atoms with E-state index in [1.165, 1.54) is 24.2 Å². The van der Waals surface area contributed by atoms with Crippen molar-refractivity contribution < 1.29 is 13.6 Å². The van der Waals surface area contributed by atoms with E-state index >= 15 is 0 Å². The highest BCUT2D eigenvalue weighted by atomic mass is 32.2. The zero-order valence-corrected chi connectivity index (χ0v) is 12.0. The van der Waals surface area contributed by atoms with Crippen molar-refractivity contribution in [1.82, 2.24) is 9.78 Å². The molecule has 0 bridgehead atoms. The summed E-state index contributed by atoms with van der Waals surface area (Å²) in [6.07, 6.45) is 2.10. The first kappa shape index (κ1) is 15.3. The van der Waals surface area contributed by atoms with Crippen molar-refractivity contribution in [3.8, 4) is 0 Å². The van der Waals surface area contributed by atoms with Gasteiger partial charge in [-0.25, -0.2) is 13.6 Å². The Hall–Kier alpha value is -2.09. The molecule has 21 heavy (non-hydrogen) atoms. The van der Waals surface area contributed by atoms with Crippen LogP contribution in [0.2, 0.25) is 0 Å². The number of hydrogen-bond donors (Lipinski definition) is 2. The van der Waals surface area contributed by atoms with Gasteiger partial charge in [0, 0.05) is 11.1 Å². The molecule has 1 aromatic carbocycles. The number of benzene rings is 1. The summed E-state index contributed by atoms with van der Waals surface area (Å²) in [4.78, 5) is 12.8. The number of thioether (sulfide) groups is 1. The predicted octanol–water partition coefficient (Wildman–Crippen LogP) is 3.51. The second-order valence-electron chi connectivity index (χ2n) is 4.12. The molecule has 0 aliphatic carbocycles. The van der Waals surface area contributed by atoms with Crippen LogP contribution in [-0.4, -0.2) is 28.5 Å². The van der Waals surface area contributed by atoms with E-state index in [9.17, 15) is 13.6 Å². The Morgan fingerprint density at radius 3 is 2.86 bits per heavy atom. The summed E-state index contributed by atoms with van der Waals surface area (Å²) < 4.78 is 25.5. The van der Waals surface area contributed by atoms with Crippen molar-refractivity contribution in [3.05, 3.63) is 36.7 Å². The van der Waals surface area contributed by atoms with Crippen molar-refractivity contribution in [2.75, 3.05) is 16.9 Å². The summed E-state index contributed by atoms with van der Waals surface area (Å²) in [6.45, 7) is -0.501. The average Bonchev–Trinajstić information content (AvgIpc) is 2.85. The van der Waals surface area contributed by atoms with Crippen LogP contribution in [0.4, 0.5) is 25.0 Å². The van der Waals surface area contributed by atoms with E-state index in [0.29, 0.717) is 11.4 Å². The van der Waals surface area contributed by atoms with Crippen LogP contribution in [0.25, 0.3) is 0 Å². The fourth-order valence-corrected chi connectivity index (χ4v) is 2.26. The molecule has 0 unspecified atom stereocenters. The number of aromatic nitrogens is 2. The topological polar surface area (TPSA) is 59.0 Å². The lowest BCUT2D eigenvalue weighted by Crippen LogP contribution is -2.19. The summed E-state index contributed by atoms with van der Waals surface area (Å²) in [5.41, 5.74) is 1.04. The number of para-hydroxylation sites is 1. The minimum atomic E-state index is -2.49. The van der Waals surface area contributed by atoms with Gasteiger partial charge in [0.2, 0.25) is 0 Å². The number of alkyl halides is 2. The fourth-order valence-electron chi connectivity index (χ4n) is 1.70. The largest absolute Gasteiger partial charge is 0.323 e. The van der Waals surface area contributed by atoms with Gasteiger partial charge in [0.05, 0.1) is 17.6 Å². The molecule has 2 aromatic rings. The molecule has 2 N–H and O–H groups in total. The molecule has 0 saturated heterocycles. The highest BCUT2D eigenvalue weighted by molar-refractivity contribution is 7.98. The summed E-state index contributed by atoms with van der Waals surface area (Å²) in [5.74, 6) is 0. The number of nitrogens with one attached hydrogen (secondary N) is 2. The van der Waals surface area contributed by atoms with Gasteiger partial charge >= 0.3 is 6.03 Å². The van der Waals surface area contributed by atoms with Crippen molar-refractivity contribution >= 4 is 29.2 Å². The molecule has 0 radical (unpaired) electrons. The normalized spacial score (nSPS) is 10.7. The van der Waals surface area contributed by atoms with Gasteiger partial charge in [0.15, 0.2) is 0 Å². The molecule has 1 heterocycles. The number of halogens is 2. The fraction of sp³-hybridized carbons (Fsp3) is 0.231. The molecule has 2 rings (SSSR count). The number of nitrogens with zero attached hydrogens (tertiary/aromatic N) is 2. The first-order valence-corrected chi connectivity index (χ1v) is 7.32. The number of carbonyl (C=O) groups is 1. The molecule has 0 aliphatic rings. The minimum absolute atomic E-state index is 0.356. The summed E-state index contributed by atoms with van der Waals surface area (Å²) >= 11 is 1.51. The number of anilines is 2. The first-order chi connectivity index (χ1) is 10.1. The van der Waals surface area contributed by atoms with E-state index in [1.807, 2.05) is 24.5 Å². The molecule has 0 aliphatic heterocycles. The smallest absolute Gasteiger partial charge is 0.307 e. The van der Waals surface area contributed by atoms with Crippen LogP contribution in [0.3, 0.4) is 0 Å². The quantitative estimate of drug-likeness (QED) is 0.831. The predicted molar refractivity (Wildman–Crippen MR) is 79.1 cm³/mol. The molecule has 5 nitrogen and oxygen atoms in total. The Bertz CT molecular complexity index is 618. The zero-order chi connectivity index (χ0) is 15.2. The Labute approximate surface area is 124 Å². The molecule has 112 valence electrons. The molecular weight excluding hydrogens is 298 g/mol. The summed E-state index contributed by atoms with van der Waals surface area (Å²) in [5, 5.41) is 8.99. The number of amides is 2. The van der Waals surface area contributed by atoms with Gasteiger partial charge in [-0.2, -0.15) is 5.10 Å². The molecule has 1 aromatic heterocycles. The second-order valence-corrected chi connectivity index (χ2v) is 4.97. The lowest BCUT2D eigenvalue weighted by molar-refractivity contribution is 0.122. The monoisotopic (exact) mass is 312 g/mol. The molecule has 8 heteroatoms. The van der Waals surface area contributed by atoms with Crippen LogP contribution in [0.5, 0.6) is 0 Å². The zero-order valence-electron chi connectivity index (χ0n) is 11.2. The van der Waals surface area contributed by atoms with Crippen LogP contribution in [0.15, 0.2) is 41.6 Å². The lowest BCUT2D eigenvalue weighted by Gasteiger charge is -2.09. The van der Waals surface area contributed by atoms with E-state index in [1.54, 1.807) is 6.07 Å². The number of rotatable bonds is 5. The van der Waals surface area contributed by atoms with Gasteiger partial charge in [-0.3, -0.25) is 4.68 Å². The van der Waals surface area contributed by atoms with Gasteiger partial charge in [0.25, 0.3) is 6.43 Å². The van der Waals surface area contributed by atoms with Crippen molar-refractivity contribution in [2.45, 2.75) is 17.9 Å². The Kier molecular flexibility index (Phi) is 5.15. The molecular formula is C13H14F2N4OS.